The SMILES string of the molecule is N#Cc1ccc(CN2CCC(O)(c3ccc4c(n3)CN([C@H]3CCC(=O)NC3=O)C4=O)CC2)cc1. The topological polar surface area (TPSA) is 127 Å². The van der Waals surface area contributed by atoms with Crippen LogP contribution in [-0.4, -0.2) is 56.7 Å². The summed E-state index contributed by atoms with van der Waals surface area (Å²) in [6, 6.07) is 12.4. The number of imide groups is 1. The Kier molecular flexibility index (Phi) is 5.63. The molecule has 9 nitrogen and oxygen atoms in total. The second-order valence-electron chi connectivity index (χ2n) is 9.21. The van der Waals surface area contributed by atoms with Crippen LogP contribution in [0.2, 0.25) is 0 Å². The number of carbonyl (C=O) groups excluding carboxylic acids is 3. The summed E-state index contributed by atoms with van der Waals surface area (Å²) in [6.07, 6.45) is 1.53. The Hall–Kier alpha value is -3.61. The number of benzene rings is 1. The van der Waals surface area contributed by atoms with Gasteiger partial charge < -0.3 is 10.0 Å². The zero-order chi connectivity index (χ0) is 23.9. The van der Waals surface area contributed by atoms with Gasteiger partial charge in [-0.3, -0.25) is 29.6 Å². The van der Waals surface area contributed by atoms with Crippen LogP contribution in [0, 0.1) is 11.3 Å². The Morgan fingerprint density at radius 3 is 2.53 bits per heavy atom. The van der Waals surface area contributed by atoms with Crippen molar-refractivity contribution in [2.45, 2.75) is 50.4 Å². The van der Waals surface area contributed by atoms with Gasteiger partial charge in [0.1, 0.15) is 11.6 Å². The molecule has 2 saturated heterocycles. The van der Waals surface area contributed by atoms with E-state index in [2.05, 4.69) is 21.3 Å². The van der Waals surface area contributed by atoms with Crippen LogP contribution in [0.4, 0.5) is 0 Å². The summed E-state index contributed by atoms with van der Waals surface area (Å²) in [6.45, 7) is 2.32. The van der Waals surface area contributed by atoms with Crippen LogP contribution in [0.15, 0.2) is 36.4 Å². The van der Waals surface area contributed by atoms with Crippen molar-refractivity contribution in [3.63, 3.8) is 0 Å². The average molecular weight is 460 g/mol. The number of amides is 3. The van der Waals surface area contributed by atoms with Gasteiger partial charge in [0.05, 0.1) is 35.1 Å². The van der Waals surface area contributed by atoms with Crippen LogP contribution in [0.25, 0.3) is 0 Å². The molecule has 34 heavy (non-hydrogen) atoms. The number of aromatic nitrogens is 1. The predicted molar refractivity (Wildman–Crippen MR) is 120 cm³/mol. The Morgan fingerprint density at radius 1 is 1.12 bits per heavy atom. The van der Waals surface area contributed by atoms with Crippen molar-refractivity contribution in [2.75, 3.05) is 13.1 Å². The van der Waals surface area contributed by atoms with E-state index in [9.17, 15) is 19.5 Å². The number of nitrogens with zero attached hydrogens (tertiary/aromatic N) is 4. The number of aliphatic hydroxyl groups is 1. The van der Waals surface area contributed by atoms with E-state index >= 15 is 0 Å². The minimum Gasteiger partial charge on any atom is -0.383 e. The third-order valence-electron chi connectivity index (χ3n) is 7.02. The fourth-order valence-electron chi connectivity index (χ4n) is 4.97. The maximum atomic E-state index is 12.9. The molecule has 3 aliphatic heterocycles. The third kappa shape index (κ3) is 4.06. The van der Waals surface area contributed by atoms with Gasteiger partial charge >= 0.3 is 0 Å². The molecule has 0 saturated carbocycles. The molecule has 0 bridgehead atoms. The number of nitriles is 1. The summed E-state index contributed by atoms with van der Waals surface area (Å²) in [4.78, 5) is 45.0. The summed E-state index contributed by atoms with van der Waals surface area (Å²) in [5.74, 6) is -1.04. The lowest BCUT2D eigenvalue weighted by Gasteiger charge is -2.38. The van der Waals surface area contributed by atoms with Crippen LogP contribution in [0.5, 0.6) is 0 Å². The standard InChI is InChI=1S/C25H25N5O4/c26-13-16-1-3-17(4-2-16)14-29-11-9-25(34,10-12-29)21-7-5-18-19(27-21)15-30(24(18)33)20-6-8-22(31)28-23(20)32/h1-5,7,20,34H,6,8-12,14-15H2,(H,28,31,32)/t20-/m0/s1. The number of likely N-dealkylation sites (tertiary alicyclic amines) is 1. The smallest absolute Gasteiger partial charge is 0.256 e. The van der Waals surface area contributed by atoms with E-state index < -0.39 is 17.6 Å². The Bertz CT molecular complexity index is 1190. The molecule has 1 aromatic heterocycles. The van der Waals surface area contributed by atoms with Crippen LogP contribution in [0.1, 0.15) is 58.6 Å². The highest BCUT2D eigenvalue weighted by Crippen LogP contribution is 2.34. The van der Waals surface area contributed by atoms with Gasteiger partial charge in [-0.15, -0.1) is 0 Å². The molecule has 1 atom stereocenters. The Labute approximate surface area is 197 Å². The number of pyridine rings is 1. The van der Waals surface area contributed by atoms with Gasteiger partial charge in [-0.05, 0) is 49.1 Å². The van der Waals surface area contributed by atoms with Gasteiger partial charge in [-0.1, -0.05) is 12.1 Å². The van der Waals surface area contributed by atoms with Crippen LogP contribution in [-0.2, 0) is 28.3 Å². The molecule has 3 amide bonds. The van der Waals surface area contributed by atoms with Gasteiger partial charge in [0.2, 0.25) is 11.8 Å². The quantitative estimate of drug-likeness (QED) is 0.658. The van der Waals surface area contributed by atoms with Crippen molar-refractivity contribution in [1.82, 2.24) is 20.1 Å². The number of hydrogen-bond acceptors (Lipinski definition) is 7. The molecule has 9 heteroatoms. The molecule has 3 aliphatic rings. The number of hydrogen-bond donors (Lipinski definition) is 2. The number of fused-ring (bicyclic) bond motifs is 1. The number of carbonyl (C=O) groups is 3. The first-order chi connectivity index (χ1) is 16.4. The molecule has 0 radical (unpaired) electrons. The van der Waals surface area contributed by atoms with Gasteiger partial charge in [-0.25, -0.2) is 0 Å². The fourth-order valence-corrected chi connectivity index (χ4v) is 4.97. The molecule has 0 unspecified atom stereocenters. The van der Waals surface area contributed by atoms with Crippen molar-refractivity contribution in [2.24, 2.45) is 0 Å². The highest BCUT2D eigenvalue weighted by atomic mass is 16.3. The predicted octanol–water partition coefficient (Wildman–Crippen LogP) is 1.20. The van der Waals surface area contributed by atoms with Crippen molar-refractivity contribution in [3.8, 4) is 6.07 Å². The summed E-state index contributed by atoms with van der Waals surface area (Å²) in [7, 11) is 0. The molecule has 4 heterocycles. The van der Waals surface area contributed by atoms with Crippen molar-refractivity contribution in [3.05, 3.63) is 64.5 Å². The van der Waals surface area contributed by atoms with E-state index in [-0.39, 0.29) is 24.8 Å². The van der Waals surface area contributed by atoms with Crippen LogP contribution >= 0.6 is 0 Å². The van der Waals surface area contributed by atoms with E-state index in [1.807, 2.05) is 24.3 Å². The number of rotatable bonds is 4. The van der Waals surface area contributed by atoms with Crippen molar-refractivity contribution >= 4 is 17.7 Å². The van der Waals surface area contributed by atoms with Gasteiger partial charge in [0, 0.05) is 26.1 Å². The van der Waals surface area contributed by atoms with E-state index in [0.717, 1.165) is 12.1 Å². The van der Waals surface area contributed by atoms with Crippen molar-refractivity contribution < 1.29 is 19.5 Å². The second kappa shape index (κ2) is 8.63. The highest BCUT2D eigenvalue weighted by molar-refractivity contribution is 6.05. The molecule has 2 aromatic rings. The monoisotopic (exact) mass is 459 g/mol. The maximum absolute atomic E-state index is 12.9. The van der Waals surface area contributed by atoms with Gasteiger partial charge in [-0.2, -0.15) is 5.26 Å². The lowest BCUT2D eigenvalue weighted by Crippen LogP contribution is -2.52. The minimum atomic E-state index is -1.08. The largest absolute Gasteiger partial charge is 0.383 e. The number of nitrogens with one attached hydrogen (secondary N) is 1. The van der Waals surface area contributed by atoms with E-state index in [0.29, 0.717) is 54.9 Å². The average Bonchev–Trinajstić information content (AvgIpc) is 3.17. The maximum Gasteiger partial charge on any atom is 0.256 e. The van der Waals surface area contributed by atoms with Crippen molar-refractivity contribution in [1.29, 1.82) is 5.26 Å². The van der Waals surface area contributed by atoms with E-state index in [4.69, 9.17) is 5.26 Å². The highest BCUT2D eigenvalue weighted by Gasteiger charge is 2.41. The fraction of sp³-hybridized carbons (Fsp3) is 0.400. The molecule has 0 aliphatic carbocycles. The molecular formula is C25H25N5O4. The van der Waals surface area contributed by atoms with E-state index in [1.165, 1.54) is 4.90 Å². The molecule has 0 spiro atoms. The van der Waals surface area contributed by atoms with Gasteiger partial charge in [0.25, 0.3) is 5.91 Å². The first-order valence-electron chi connectivity index (χ1n) is 11.5. The van der Waals surface area contributed by atoms with Crippen LogP contribution < -0.4 is 5.32 Å². The molecule has 2 fully saturated rings. The normalized spacial score (nSPS) is 22.3. The van der Waals surface area contributed by atoms with Crippen LogP contribution in [0.3, 0.4) is 0 Å². The molecule has 174 valence electrons. The Balaban J connectivity index is 1.25. The molecule has 1 aromatic carbocycles. The molecular weight excluding hydrogens is 434 g/mol. The summed E-state index contributed by atoms with van der Waals surface area (Å²) < 4.78 is 0. The zero-order valence-electron chi connectivity index (χ0n) is 18.7. The summed E-state index contributed by atoms with van der Waals surface area (Å²) >= 11 is 0. The Morgan fingerprint density at radius 2 is 1.85 bits per heavy atom. The lowest BCUT2D eigenvalue weighted by molar-refractivity contribution is -0.136. The second-order valence-corrected chi connectivity index (χ2v) is 9.21. The van der Waals surface area contributed by atoms with Gasteiger partial charge in [0.15, 0.2) is 0 Å². The lowest BCUT2D eigenvalue weighted by atomic mass is 9.87. The first kappa shape index (κ1) is 22.2. The summed E-state index contributed by atoms with van der Waals surface area (Å²) in [5, 5.41) is 22.6. The molecule has 2 N–H and O–H groups in total. The summed E-state index contributed by atoms with van der Waals surface area (Å²) in [5.41, 5.74) is 2.21. The molecule has 5 rings (SSSR count). The first-order valence-corrected chi connectivity index (χ1v) is 11.5. The zero-order valence-corrected chi connectivity index (χ0v) is 18.7. The minimum absolute atomic E-state index is 0.190. The van der Waals surface area contributed by atoms with E-state index in [1.54, 1.807) is 12.1 Å². The third-order valence-corrected chi connectivity index (χ3v) is 7.02. The number of piperidine rings is 2.